The number of halogens is 2. The summed E-state index contributed by atoms with van der Waals surface area (Å²) in [6.45, 7) is 0. The molecule has 0 spiro atoms. The van der Waals surface area contributed by atoms with E-state index in [0.717, 1.165) is 0 Å². The van der Waals surface area contributed by atoms with Crippen molar-refractivity contribution in [3.8, 4) is 23.1 Å². The number of hydrogen-bond acceptors (Lipinski definition) is 7. The molecule has 0 unspecified atom stereocenters. The molecule has 190 valence electrons. The van der Waals surface area contributed by atoms with Gasteiger partial charge in [-0.2, -0.15) is 0 Å². The molecule has 0 saturated carbocycles. The first-order valence-corrected chi connectivity index (χ1v) is 11.4. The highest BCUT2D eigenvalue weighted by molar-refractivity contribution is 6.32. The Morgan fingerprint density at radius 2 is 1.68 bits per heavy atom. The Labute approximate surface area is 216 Å². The number of carbonyl (C=O) groups is 2. The van der Waals surface area contributed by atoms with Gasteiger partial charge in [-0.15, -0.1) is 0 Å². The van der Waals surface area contributed by atoms with Gasteiger partial charge in [0.1, 0.15) is 23.0 Å². The van der Waals surface area contributed by atoms with Crippen molar-refractivity contribution >= 4 is 45.7 Å². The fourth-order valence-corrected chi connectivity index (χ4v) is 3.78. The Balaban J connectivity index is 1.70. The van der Waals surface area contributed by atoms with E-state index in [1.807, 2.05) is 0 Å². The average molecular weight is 525 g/mol. The first kappa shape index (κ1) is 25.6. The van der Waals surface area contributed by atoms with Crippen LogP contribution in [0.4, 0.5) is 15.8 Å². The monoisotopic (exact) mass is 524 g/mol. The predicted octanol–water partition coefficient (Wildman–Crippen LogP) is 5.03. The van der Waals surface area contributed by atoms with E-state index in [9.17, 15) is 14.0 Å². The molecule has 0 aliphatic heterocycles. The van der Waals surface area contributed by atoms with Crippen molar-refractivity contribution in [3.05, 3.63) is 71.8 Å². The maximum Gasteiger partial charge on any atom is 0.241 e. The van der Waals surface area contributed by atoms with E-state index in [1.165, 1.54) is 62.7 Å². The highest BCUT2D eigenvalue weighted by atomic mass is 35.5. The lowest BCUT2D eigenvalue weighted by Crippen LogP contribution is -2.31. The molecule has 0 bridgehead atoms. The second-order valence-corrected chi connectivity index (χ2v) is 8.08. The van der Waals surface area contributed by atoms with Gasteiger partial charge < -0.3 is 19.5 Å². The average Bonchev–Trinajstić information content (AvgIpc) is 2.90. The molecule has 4 aromatic rings. The van der Waals surface area contributed by atoms with Crippen LogP contribution < -0.4 is 24.4 Å². The Bertz CT molecular complexity index is 1470. The molecule has 2 amide bonds. The maximum absolute atomic E-state index is 13.5. The lowest BCUT2D eigenvalue weighted by molar-refractivity contribution is -0.127. The Morgan fingerprint density at radius 1 is 0.973 bits per heavy atom. The first-order chi connectivity index (χ1) is 17.8. The number of methoxy groups -OCH3 is 2. The topological polar surface area (TPSA) is 103 Å². The number of rotatable bonds is 8. The summed E-state index contributed by atoms with van der Waals surface area (Å²) in [7, 11) is 4.48. The van der Waals surface area contributed by atoms with Gasteiger partial charge in [-0.25, -0.2) is 9.37 Å². The van der Waals surface area contributed by atoms with E-state index in [0.29, 0.717) is 33.8 Å². The van der Waals surface area contributed by atoms with Gasteiger partial charge >= 0.3 is 0 Å². The highest BCUT2D eigenvalue weighted by Crippen LogP contribution is 2.39. The number of nitrogens with one attached hydrogen (secondary N) is 1. The molecular weight excluding hydrogens is 503 g/mol. The van der Waals surface area contributed by atoms with E-state index in [-0.39, 0.29) is 16.6 Å². The number of ether oxygens (including phenoxy) is 3. The minimum absolute atomic E-state index is 0.0745. The van der Waals surface area contributed by atoms with Crippen LogP contribution in [0.2, 0.25) is 5.02 Å². The number of anilines is 2. The van der Waals surface area contributed by atoms with Gasteiger partial charge in [-0.05, 0) is 42.5 Å². The second kappa shape index (κ2) is 11.1. The van der Waals surface area contributed by atoms with E-state index in [2.05, 4.69) is 15.3 Å². The maximum atomic E-state index is 13.5. The van der Waals surface area contributed by atoms with E-state index in [1.54, 1.807) is 24.4 Å². The van der Waals surface area contributed by atoms with Crippen LogP contribution in [0.15, 0.2) is 60.9 Å². The second-order valence-electron chi connectivity index (χ2n) is 7.67. The third kappa shape index (κ3) is 5.54. The summed E-state index contributed by atoms with van der Waals surface area (Å²) in [4.78, 5) is 34.7. The molecule has 11 heteroatoms. The van der Waals surface area contributed by atoms with Gasteiger partial charge in [0.25, 0.3) is 0 Å². The minimum Gasteiger partial charge on any atom is -0.493 e. The Kier molecular flexibility index (Phi) is 7.69. The van der Waals surface area contributed by atoms with Crippen molar-refractivity contribution in [1.29, 1.82) is 0 Å². The van der Waals surface area contributed by atoms with Gasteiger partial charge in [-0.3, -0.25) is 19.5 Å². The van der Waals surface area contributed by atoms with E-state index in [4.69, 9.17) is 25.8 Å². The van der Waals surface area contributed by atoms with Crippen molar-refractivity contribution < 1.29 is 28.2 Å². The lowest BCUT2D eigenvalue weighted by atomic mass is 10.2. The van der Waals surface area contributed by atoms with Crippen LogP contribution >= 0.6 is 11.6 Å². The first-order valence-electron chi connectivity index (χ1n) is 11.0. The molecule has 0 atom stereocenters. The van der Waals surface area contributed by atoms with Crippen LogP contribution in [-0.4, -0.2) is 43.0 Å². The van der Waals surface area contributed by atoms with Gasteiger partial charge in [0.2, 0.25) is 17.7 Å². The summed E-state index contributed by atoms with van der Waals surface area (Å²) in [5.41, 5.74) is 1.21. The zero-order valence-electron chi connectivity index (χ0n) is 20.1. The summed E-state index contributed by atoms with van der Waals surface area (Å²) in [6, 6.07) is 11.8. The molecule has 0 fully saturated rings. The largest absolute Gasteiger partial charge is 0.493 e. The molecular formula is C26H22ClFN4O5. The summed E-state index contributed by atoms with van der Waals surface area (Å²) in [6.07, 6.45) is 2.51. The quantitative estimate of drug-likeness (QED) is 0.322. The predicted molar refractivity (Wildman–Crippen MR) is 136 cm³/mol. The van der Waals surface area contributed by atoms with Crippen LogP contribution in [0, 0.1) is 5.82 Å². The number of nitrogens with zero attached hydrogens (tertiary/aromatic N) is 3. The van der Waals surface area contributed by atoms with Crippen molar-refractivity contribution in [1.82, 2.24) is 15.3 Å². The smallest absolute Gasteiger partial charge is 0.241 e. The molecule has 2 heterocycles. The molecule has 2 aromatic heterocycles. The Morgan fingerprint density at radius 3 is 2.32 bits per heavy atom. The molecule has 0 aliphatic rings. The normalized spacial score (nSPS) is 10.6. The van der Waals surface area contributed by atoms with Crippen molar-refractivity contribution in [2.24, 2.45) is 0 Å². The fraction of sp³-hybridized carbons (Fsp3) is 0.154. The number of aromatic nitrogens is 2. The number of fused-ring (bicyclic) bond motifs is 1. The summed E-state index contributed by atoms with van der Waals surface area (Å²) < 4.78 is 30.2. The molecule has 1 N–H and O–H groups in total. The van der Waals surface area contributed by atoms with Crippen LogP contribution in [0.3, 0.4) is 0 Å². The molecule has 37 heavy (non-hydrogen) atoms. The van der Waals surface area contributed by atoms with Gasteiger partial charge in [0.15, 0.2) is 11.5 Å². The van der Waals surface area contributed by atoms with Gasteiger partial charge in [0.05, 0.1) is 31.6 Å². The molecule has 9 nitrogen and oxygen atoms in total. The third-order valence-corrected chi connectivity index (χ3v) is 5.66. The SMILES string of the molecule is CNC(=O)CC(=O)N(c1ccc(F)cc1)c1cnc(Oc2ccnc3cc(OC)c(OC)cc23)c(Cl)c1. The van der Waals surface area contributed by atoms with Crippen LogP contribution in [0.5, 0.6) is 23.1 Å². The standard InChI is InChI=1S/C26H22ClFN4O5/c1-29-24(33)13-25(34)32(16-6-4-15(28)5-7-16)17-10-19(27)26(31-14-17)37-21-8-9-30-20-12-23(36-3)22(35-2)11-18(20)21/h4-12,14H,13H2,1-3H3,(H,29,33). The third-order valence-electron chi connectivity index (χ3n) is 5.39. The number of amides is 2. The van der Waals surface area contributed by atoms with Crippen molar-refractivity contribution in [2.75, 3.05) is 26.2 Å². The number of hydrogen-bond donors (Lipinski definition) is 1. The van der Waals surface area contributed by atoms with Crippen LogP contribution in [0.1, 0.15) is 6.42 Å². The molecule has 0 saturated heterocycles. The molecule has 0 aliphatic carbocycles. The molecule has 0 radical (unpaired) electrons. The van der Waals surface area contributed by atoms with E-state index >= 15 is 0 Å². The van der Waals surface area contributed by atoms with Crippen molar-refractivity contribution in [3.63, 3.8) is 0 Å². The number of benzene rings is 2. The fourth-order valence-electron chi connectivity index (χ4n) is 3.59. The molecule has 2 aromatic carbocycles. The minimum atomic E-state index is -0.557. The molecule has 4 rings (SSSR count). The van der Waals surface area contributed by atoms with Gasteiger partial charge in [-0.1, -0.05) is 11.6 Å². The highest BCUT2D eigenvalue weighted by Gasteiger charge is 2.23. The summed E-state index contributed by atoms with van der Waals surface area (Å²) >= 11 is 6.51. The summed E-state index contributed by atoms with van der Waals surface area (Å²) in [5.74, 6) is -0.00780. The number of pyridine rings is 2. The van der Waals surface area contributed by atoms with Crippen LogP contribution in [-0.2, 0) is 9.59 Å². The lowest BCUT2D eigenvalue weighted by Gasteiger charge is -2.23. The van der Waals surface area contributed by atoms with Crippen molar-refractivity contribution in [2.45, 2.75) is 6.42 Å². The zero-order chi connectivity index (χ0) is 26.5. The zero-order valence-corrected chi connectivity index (χ0v) is 20.9. The van der Waals surface area contributed by atoms with E-state index < -0.39 is 24.1 Å². The number of carbonyl (C=O) groups excluding carboxylic acids is 2. The Hall–Kier alpha value is -4.44. The summed E-state index contributed by atoms with van der Waals surface area (Å²) in [5, 5.41) is 3.15. The van der Waals surface area contributed by atoms with Gasteiger partial charge in [0, 0.05) is 30.4 Å². The van der Waals surface area contributed by atoms with Crippen LogP contribution in [0.25, 0.3) is 10.9 Å².